The number of hydrogen-bond donors (Lipinski definition) is 1. The molecular weight excluding hydrogens is 741 g/mol. The monoisotopic (exact) mass is 847 g/mol. The minimum atomic E-state index is -0.782. The maximum Gasteiger partial charge on any atom is 0.306 e. The van der Waals surface area contributed by atoms with Crippen molar-refractivity contribution in [3.05, 3.63) is 12.2 Å². The number of unbranched alkanes of at least 4 members (excludes halogenated alkanes) is 41. The normalized spacial score (nSPS) is 12.1. The second-order valence-corrected chi connectivity index (χ2v) is 18.7. The van der Waals surface area contributed by atoms with Crippen molar-refractivity contribution in [3.8, 4) is 0 Å². The van der Waals surface area contributed by atoms with Gasteiger partial charge >= 0.3 is 11.9 Å². The van der Waals surface area contributed by atoms with E-state index >= 15 is 0 Å². The average molecular weight is 847 g/mol. The maximum atomic E-state index is 12.3. The molecule has 356 valence electrons. The van der Waals surface area contributed by atoms with Crippen LogP contribution in [0.25, 0.3) is 0 Å². The summed E-state index contributed by atoms with van der Waals surface area (Å²) in [6.07, 6.45) is 63.3. The summed E-state index contributed by atoms with van der Waals surface area (Å²) in [5, 5.41) is 9.63. The van der Waals surface area contributed by atoms with Gasteiger partial charge in [0, 0.05) is 12.8 Å². The summed E-state index contributed by atoms with van der Waals surface area (Å²) in [5.41, 5.74) is 0. The highest BCUT2D eigenvalue weighted by atomic mass is 16.6. The second-order valence-electron chi connectivity index (χ2n) is 18.7. The summed E-state index contributed by atoms with van der Waals surface area (Å²) in [4.78, 5) is 24.5. The molecule has 1 atom stereocenters. The summed E-state index contributed by atoms with van der Waals surface area (Å²) in [6, 6.07) is 0. The van der Waals surface area contributed by atoms with Crippen LogP contribution >= 0.6 is 0 Å². The first-order valence-electron chi connectivity index (χ1n) is 27.2. The maximum absolute atomic E-state index is 12.3. The number of aliphatic hydroxyl groups excluding tert-OH is 1. The van der Waals surface area contributed by atoms with Crippen LogP contribution in [0.2, 0.25) is 0 Å². The molecule has 0 aliphatic heterocycles. The van der Waals surface area contributed by atoms with E-state index in [1.165, 1.54) is 244 Å². The van der Waals surface area contributed by atoms with Crippen LogP contribution in [0.3, 0.4) is 0 Å². The lowest BCUT2D eigenvalue weighted by atomic mass is 10.0. The van der Waals surface area contributed by atoms with Crippen LogP contribution in [0.1, 0.15) is 309 Å². The van der Waals surface area contributed by atoms with Crippen molar-refractivity contribution in [2.24, 2.45) is 0 Å². The van der Waals surface area contributed by atoms with Crippen molar-refractivity contribution in [1.29, 1.82) is 0 Å². The number of ether oxygens (including phenoxy) is 2. The summed E-state index contributed by atoms with van der Waals surface area (Å²) in [7, 11) is 0. The van der Waals surface area contributed by atoms with Gasteiger partial charge in [-0.3, -0.25) is 9.59 Å². The number of carbonyl (C=O) groups is 2. The van der Waals surface area contributed by atoms with Gasteiger partial charge in [-0.05, 0) is 32.1 Å². The number of hydrogen-bond acceptors (Lipinski definition) is 5. The van der Waals surface area contributed by atoms with Gasteiger partial charge in [-0.2, -0.15) is 0 Å². The molecule has 0 aromatic heterocycles. The molecule has 0 rings (SSSR count). The predicted molar refractivity (Wildman–Crippen MR) is 261 cm³/mol. The van der Waals surface area contributed by atoms with Gasteiger partial charge in [-0.15, -0.1) is 0 Å². The molecule has 0 saturated heterocycles. The number of esters is 2. The quantitative estimate of drug-likeness (QED) is 0.0375. The van der Waals surface area contributed by atoms with Crippen molar-refractivity contribution >= 4 is 11.9 Å². The lowest BCUT2D eigenvalue weighted by Crippen LogP contribution is -2.28. The molecule has 0 fully saturated rings. The Kier molecular flexibility index (Phi) is 50.8. The summed E-state index contributed by atoms with van der Waals surface area (Å²) < 4.78 is 10.7. The molecule has 5 heteroatoms. The van der Waals surface area contributed by atoms with Crippen LogP contribution in [0, 0.1) is 0 Å². The molecule has 0 heterocycles. The van der Waals surface area contributed by atoms with Gasteiger partial charge in [0.2, 0.25) is 0 Å². The van der Waals surface area contributed by atoms with Crippen LogP contribution in [0.4, 0.5) is 0 Å². The van der Waals surface area contributed by atoms with Crippen molar-refractivity contribution in [1.82, 2.24) is 0 Å². The zero-order chi connectivity index (χ0) is 43.5. The topological polar surface area (TPSA) is 72.8 Å². The van der Waals surface area contributed by atoms with Crippen molar-refractivity contribution in [2.75, 3.05) is 13.2 Å². The Balaban J connectivity index is 3.45. The molecule has 0 bridgehead atoms. The number of aliphatic hydroxyl groups is 1. The van der Waals surface area contributed by atoms with E-state index < -0.39 is 6.10 Å². The van der Waals surface area contributed by atoms with Gasteiger partial charge in [0.1, 0.15) is 6.61 Å². The summed E-state index contributed by atoms with van der Waals surface area (Å²) in [6.45, 7) is 4.18. The fourth-order valence-electron chi connectivity index (χ4n) is 8.45. The number of allylic oxidation sites excluding steroid dienone is 2. The average Bonchev–Trinajstić information content (AvgIpc) is 3.25. The third-order valence-electron chi connectivity index (χ3n) is 12.6. The van der Waals surface area contributed by atoms with Crippen molar-refractivity contribution < 1.29 is 24.2 Å². The van der Waals surface area contributed by atoms with E-state index in [0.29, 0.717) is 12.8 Å². The van der Waals surface area contributed by atoms with Gasteiger partial charge in [-0.1, -0.05) is 276 Å². The van der Waals surface area contributed by atoms with Crippen LogP contribution in [0.15, 0.2) is 12.2 Å². The molecule has 1 N–H and O–H groups in total. The Morgan fingerprint density at radius 1 is 0.367 bits per heavy atom. The lowest BCUT2D eigenvalue weighted by molar-refractivity contribution is -0.161. The van der Waals surface area contributed by atoms with E-state index in [-0.39, 0.29) is 25.2 Å². The molecule has 0 saturated carbocycles. The largest absolute Gasteiger partial charge is 0.462 e. The van der Waals surface area contributed by atoms with Gasteiger partial charge in [-0.25, -0.2) is 0 Å². The highest BCUT2D eigenvalue weighted by Gasteiger charge is 2.16. The van der Waals surface area contributed by atoms with Crippen LogP contribution < -0.4 is 0 Å². The first-order chi connectivity index (χ1) is 29.6. The zero-order valence-electron chi connectivity index (χ0n) is 40.8. The van der Waals surface area contributed by atoms with E-state index in [2.05, 4.69) is 26.0 Å². The fourth-order valence-corrected chi connectivity index (χ4v) is 8.45. The molecule has 0 aromatic carbocycles. The third-order valence-corrected chi connectivity index (χ3v) is 12.6. The molecule has 0 unspecified atom stereocenters. The zero-order valence-corrected chi connectivity index (χ0v) is 40.8. The lowest BCUT2D eigenvalue weighted by Gasteiger charge is -2.15. The Morgan fingerprint density at radius 2 is 0.633 bits per heavy atom. The van der Waals surface area contributed by atoms with E-state index in [0.717, 1.165) is 38.5 Å². The standard InChI is InChI=1S/C55H106O5/c1-3-5-7-9-11-13-15-17-19-21-23-25-27-29-31-33-35-37-39-41-43-45-47-49-54(57)59-52-53(51-56)60-55(58)50-48-46-44-42-40-38-36-34-32-30-28-26-24-22-20-18-16-14-12-10-8-6-4-2/h42,44,53,56H,3-41,43,45-52H2,1-2H3/b44-42+/t53-/m0/s1. The van der Waals surface area contributed by atoms with Crippen molar-refractivity contribution in [2.45, 2.75) is 315 Å². The first-order valence-corrected chi connectivity index (χ1v) is 27.2. The number of rotatable bonds is 51. The molecule has 0 spiro atoms. The Bertz CT molecular complexity index is 871. The molecule has 0 aliphatic carbocycles. The minimum absolute atomic E-state index is 0.0697. The van der Waals surface area contributed by atoms with Crippen LogP contribution in [0.5, 0.6) is 0 Å². The number of carbonyl (C=O) groups excluding carboxylic acids is 2. The summed E-state index contributed by atoms with van der Waals surface area (Å²) >= 11 is 0. The van der Waals surface area contributed by atoms with Crippen LogP contribution in [-0.2, 0) is 19.1 Å². The highest BCUT2D eigenvalue weighted by molar-refractivity contribution is 5.70. The first kappa shape index (κ1) is 58.6. The van der Waals surface area contributed by atoms with E-state index in [1.807, 2.05) is 0 Å². The van der Waals surface area contributed by atoms with Gasteiger partial charge < -0.3 is 14.6 Å². The molecule has 0 radical (unpaired) electrons. The molecular formula is C55H106O5. The van der Waals surface area contributed by atoms with Crippen molar-refractivity contribution in [3.63, 3.8) is 0 Å². The van der Waals surface area contributed by atoms with E-state index in [1.54, 1.807) is 0 Å². The third kappa shape index (κ3) is 49.3. The van der Waals surface area contributed by atoms with E-state index in [4.69, 9.17) is 9.47 Å². The predicted octanol–water partition coefficient (Wildman–Crippen LogP) is 18.0. The fraction of sp³-hybridized carbons (Fsp3) is 0.927. The highest BCUT2D eigenvalue weighted by Crippen LogP contribution is 2.17. The molecule has 0 amide bonds. The van der Waals surface area contributed by atoms with Gasteiger partial charge in [0.25, 0.3) is 0 Å². The molecule has 0 aliphatic rings. The minimum Gasteiger partial charge on any atom is -0.462 e. The smallest absolute Gasteiger partial charge is 0.306 e. The molecule has 60 heavy (non-hydrogen) atoms. The van der Waals surface area contributed by atoms with Gasteiger partial charge in [0.05, 0.1) is 6.61 Å². The van der Waals surface area contributed by atoms with Gasteiger partial charge in [0.15, 0.2) is 6.10 Å². The summed E-state index contributed by atoms with van der Waals surface area (Å²) in [5.74, 6) is -0.607. The Morgan fingerprint density at radius 3 is 0.950 bits per heavy atom. The second kappa shape index (κ2) is 52.0. The molecule has 0 aromatic rings. The molecule has 5 nitrogen and oxygen atoms in total. The van der Waals surface area contributed by atoms with Crippen LogP contribution in [-0.4, -0.2) is 36.4 Å². The SMILES string of the molecule is CCCCCCCCCCCCCCCCCCCC/C=C/CCCC(=O)O[C@@H](CO)COC(=O)CCCCCCCCCCCCCCCCCCCCCCCCC. The Labute approximate surface area is 375 Å². The Hall–Kier alpha value is -1.36. The van der Waals surface area contributed by atoms with E-state index in [9.17, 15) is 14.7 Å².